The Bertz CT molecular complexity index is 607. The van der Waals surface area contributed by atoms with Crippen LogP contribution in [0.2, 0.25) is 5.02 Å². The molecule has 0 aliphatic heterocycles. The smallest absolute Gasteiger partial charge is 0.0611 e. The van der Waals surface area contributed by atoms with E-state index in [4.69, 9.17) is 11.6 Å². The Hall–Kier alpha value is 0.210. The van der Waals surface area contributed by atoms with E-state index in [2.05, 4.69) is 78.6 Å². The van der Waals surface area contributed by atoms with Gasteiger partial charge in [-0.25, -0.2) is 0 Å². The highest BCUT2D eigenvalue weighted by molar-refractivity contribution is 9.28. The van der Waals surface area contributed by atoms with Gasteiger partial charge in [0.15, 0.2) is 0 Å². The average molecular weight is 419 g/mol. The molecular weight excluding hydrogens is 399 g/mol. The Labute approximate surface area is 143 Å². The van der Waals surface area contributed by atoms with E-state index in [9.17, 15) is 0 Å². The zero-order chi connectivity index (χ0) is 15.1. The van der Waals surface area contributed by atoms with Crippen LogP contribution in [-0.4, -0.2) is 0 Å². The molecular formula is C17H19Br2Cl. The summed E-state index contributed by atoms with van der Waals surface area (Å²) >= 11 is 13.4. The standard InChI is InChI=1S/C17H19Br2Cl/c1-14(2)15(3,4)17(14)12(13(18)19)16(17,5)10-6-8-11(20)9-7-10/h6-9H,1-5H3. The van der Waals surface area contributed by atoms with Gasteiger partial charge in [-0.05, 0) is 66.0 Å². The van der Waals surface area contributed by atoms with Gasteiger partial charge < -0.3 is 0 Å². The van der Waals surface area contributed by atoms with Crippen LogP contribution in [0.4, 0.5) is 0 Å². The van der Waals surface area contributed by atoms with Crippen LogP contribution in [-0.2, 0) is 5.41 Å². The van der Waals surface area contributed by atoms with E-state index in [0.29, 0.717) is 0 Å². The zero-order valence-electron chi connectivity index (χ0n) is 12.4. The number of halogens is 3. The van der Waals surface area contributed by atoms with Gasteiger partial charge in [-0.15, -0.1) is 0 Å². The molecule has 2 saturated carbocycles. The molecule has 20 heavy (non-hydrogen) atoms. The molecule has 0 amide bonds. The third-order valence-corrected chi connectivity index (χ3v) is 7.59. The van der Waals surface area contributed by atoms with E-state index in [-0.39, 0.29) is 21.7 Å². The lowest BCUT2D eigenvalue weighted by atomic mass is 9.90. The number of hydrogen-bond donors (Lipinski definition) is 0. The van der Waals surface area contributed by atoms with Crippen LogP contribution in [0.1, 0.15) is 40.2 Å². The Morgan fingerprint density at radius 2 is 1.35 bits per heavy atom. The van der Waals surface area contributed by atoms with Crippen LogP contribution in [0.3, 0.4) is 0 Å². The van der Waals surface area contributed by atoms with E-state index in [1.54, 1.807) is 0 Å². The minimum absolute atomic E-state index is 0.0763. The average Bonchev–Trinajstić information content (AvgIpc) is 3.04. The summed E-state index contributed by atoms with van der Waals surface area (Å²) in [4.78, 5) is 0. The first kappa shape index (κ1) is 15.1. The molecule has 2 fully saturated rings. The van der Waals surface area contributed by atoms with E-state index >= 15 is 0 Å². The van der Waals surface area contributed by atoms with Gasteiger partial charge >= 0.3 is 0 Å². The van der Waals surface area contributed by atoms with Crippen LogP contribution in [0, 0.1) is 16.2 Å². The molecule has 108 valence electrons. The van der Waals surface area contributed by atoms with Crippen molar-refractivity contribution >= 4 is 43.5 Å². The fourth-order valence-electron chi connectivity index (χ4n) is 5.19. The Morgan fingerprint density at radius 1 is 0.900 bits per heavy atom. The van der Waals surface area contributed by atoms with Crippen LogP contribution in [0.25, 0.3) is 0 Å². The fraction of sp³-hybridized carbons (Fsp3) is 0.529. The highest BCUT2D eigenvalue weighted by atomic mass is 79.9. The summed E-state index contributed by atoms with van der Waals surface area (Å²) in [6.07, 6.45) is 0. The van der Waals surface area contributed by atoms with Crippen molar-refractivity contribution < 1.29 is 0 Å². The maximum atomic E-state index is 6.05. The molecule has 2 aliphatic carbocycles. The third-order valence-electron chi connectivity index (χ3n) is 6.55. The van der Waals surface area contributed by atoms with Gasteiger partial charge in [0, 0.05) is 15.9 Å². The van der Waals surface area contributed by atoms with Crippen molar-refractivity contribution in [1.29, 1.82) is 0 Å². The predicted octanol–water partition coefficient (Wildman–Crippen LogP) is 6.67. The van der Waals surface area contributed by atoms with Crippen LogP contribution < -0.4 is 0 Å². The first-order valence-electron chi connectivity index (χ1n) is 6.89. The molecule has 2 aliphatic rings. The van der Waals surface area contributed by atoms with Gasteiger partial charge in [-0.2, -0.15) is 0 Å². The molecule has 1 atom stereocenters. The molecule has 1 aromatic carbocycles. The van der Waals surface area contributed by atoms with Gasteiger partial charge in [0.2, 0.25) is 0 Å². The molecule has 0 bridgehead atoms. The lowest BCUT2D eigenvalue weighted by molar-refractivity contribution is 0.457. The maximum absolute atomic E-state index is 6.05. The minimum atomic E-state index is 0.0763. The highest BCUT2D eigenvalue weighted by Crippen LogP contribution is 2.99. The second-order valence-electron chi connectivity index (χ2n) is 7.27. The van der Waals surface area contributed by atoms with Gasteiger partial charge in [0.1, 0.15) is 0 Å². The molecule has 0 heterocycles. The number of hydrogen-bond acceptors (Lipinski definition) is 0. The van der Waals surface area contributed by atoms with Gasteiger partial charge in [-0.1, -0.05) is 58.4 Å². The molecule has 1 unspecified atom stereocenters. The third kappa shape index (κ3) is 1.31. The Kier molecular flexibility index (Phi) is 2.98. The number of rotatable bonds is 1. The zero-order valence-corrected chi connectivity index (χ0v) is 16.4. The van der Waals surface area contributed by atoms with Gasteiger partial charge in [0.05, 0.1) is 3.39 Å². The fourth-order valence-corrected chi connectivity index (χ4v) is 6.71. The van der Waals surface area contributed by atoms with Crippen molar-refractivity contribution in [3.05, 3.63) is 43.8 Å². The first-order valence-corrected chi connectivity index (χ1v) is 8.85. The lowest BCUT2D eigenvalue weighted by Gasteiger charge is -2.13. The molecule has 0 N–H and O–H groups in total. The largest absolute Gasteiger partial charge is 0.0843 e. The monoisotopic (exact) mass is 416 g/mol. The van der Waals surface area contributed by atoms with Crippen LogP contribution in [0.5, 0.6) is 0 Å². The molecule has 1 spiro atoms. The summed E-state index contributed by atoms with van der Waals surface area (Å²) in [6.45, 7) is 11.9. The first-order chi connectivity index (χ1) is 9.06. The molecule has 3 rings (SSSR count). The molecule has 0 aromatic heterocycles. The summed E-state index contributed by atoms with van der Waals surface area (Å²) < 4.78 is 1.11. The van der Waals surface area contributed by atoms with Crippen molar-refractivity contribution in [3.8, 4) is 0 Å². The summed E-state index contributed by atoms with van der Waals surface area (Å²) in [5.74, 6) is 0. The normalized spacial score (nSPS) is 31.3. The second-order valence-corrected chi connectivity index (χ2v) is 10.4. The topological polar surface area (TPSA) is 0 Å². The SMILES string of the molecule is CC1(c2ccc(Cl)cc2)C(=C(Br)Br)C12C(C)(C)C2(C)C. The van der Waals surface area contributed by atoms with Crippen molar-refractivity contribution in [3.63, 3.8) is 0 Å². The summed E-state index contributed by atoms with van der Waals surface area (Å²) in [5, 5.41) is 0.796. The Balaban J connectivity index is 2.21. The lowest BCUT2D eigenvalue weighted by Crippen LogP contribution is -2.09. The molecule has 0 nitrogen and oxygen atoms in total. The molecule has 3 heteroatoms. The second kappa shape index (κ2) is 3.94. The van der Waals surface area contributed by atoms with E-state index in [1.165, 1.54) is 11.1 Å². The predicted molar refractivity (Wildman–Crippen MR) is 93.7 cm³/mol. The minimum Gasteiger partial charge on any atom is -0.0843 e. The van der Waals surface area contributed by atoms with Crippen molar-refractivity contribution in [1.82, 2.24) is 0 Å². The van der Waals surface area contributed by atoms with Gasteiger partial charge in [0.25, 0.3) is 0 Å². The van der Waals surface area contributed by atoms with Crippen molar-refractivity contribution in [2.45, 2.75) is 40.0 Å². The van der Waals surface area contributed by atoms with E-state index in [1.807, 2.05) is 12.1 Å². The number of benzene rings is 1. The van der Waals surface area contributed by atoms with Gasteiger partial charge in [-0.3, -0.25) is 0 Å². The summed E-state index contributed by atoms with van der Waals surface area (Å²) in [6, 6.07) is 8.33. The van der Waals surface area contributed by atoms with E-state index < -0.39 is 0 Å². The van der Waals surface area contributed by atoms with Crippen LogP contribution in [0.15, 0.2) is 33.2 Å². The van der Waals surface area contributed by atoms with Crippen LogP contribution >= 0.6 is 43.5 Å². The highest BCUT2D eigenvalue weighted by Gasteiger charge is 2.95. The quantitative estimate of drug-likeness (QED) is 0.478. The molecule has 0 saturated heterocycles. The molecule has 0 radical (unpaired) electrons. The maximum Gasteiger partial charge on any atom is 0.0611 e. The summed E-state index contributed by atoms with van der Waals surface area (Å²) in [7, 11) is 0. The summed E-state index contributed by atoms with van der Waals surface area (Å²) in [5.41, 5.74) is 3.72. The van der Waals surface area contributed by atoms with Crippen molar-refractivity contribution in [2.75, 3.05) is 0 Å². The number of allylic oxidation sites excluding steroid dienone is 1. The molecule has 1 aromatic rings. The van der Waals surface area contributed by atoms with E-state index in [0.717, 1.165) is 8.41 Å². The Morgan fingerprint density at radius 3 is 1.65 bits per heavy atom. The van der Waals surface area contributed by atoms with Crippen molar-refractivity contribution in [2.24, 2.45) is 16.2 Å².